The van der Waals surface area contributed by atoms with Gasteiger partial charge in [0, 0.05) is 19.6 Å². The first kappa shape index (κ1) is 21.2. The van der Waals surface area contributed by atoms with Crippen molar-refractivity contribution in [3.05, 3.63) is 35.9 Å². The maximum atomic E-state index is 11.0. The van der Waals surface area contributed by atoms with Crippen molar-refractivity contribution in [3.63, 3.8) is 0 Å². The highest BCUT2D eigenvalue weighted by atomic mass is 127. The Balaban J connectivity index is 0.00000288. The van der Waals surface area contributed by atoms with Gasteiger partial charge in [-0.25, -0.2) is 13.6 Å². The van der Waals surface area contributed by atoms with Crippen LogP contribution >= 0.6 is 24.0 Å². The van der Waals surface area contributed by atoms with E-state index in [1.54, 1.807) is 0 Å². The summed E-state index contributed by atoms with van der Waals surface area (Å²) in [5.41, 5.74) is 1.36. The second-order valence-corrected chi connectivity index (χ2v) is 7.63. The van der Waals surface area contributed by atoms with Gasteiger partial charge in [-0.05, 0) is 31.2 Å². The number of sulfonamides is 1. The first-order chi connectivity index (χ1) is 11.0. The van der Waals surface area contributed by atoms with E-state index in [4.69, 9.17) is 5.14 Å². The summed E-state index contributed by atoms with van der Waals surface area (Å²) in [6, 6.07) is 10.5. The summed E-state index contributed by atoms with van der Waals surface area (Å²) >= 11 is 0. The molecule has 8 heteroatoms. The third-order valence-electron chi connectivity index (χ3n) is 3.92. The molecule has 1 heterocycles. The molecule has 3 N–H and O–H groups in total. The van der Waals surface area contributed by atoms with Crippen LogP contribution in [0.5, 0.6) is 0 Å². The summed E-state index contributed by atoms with van der Waals surface area (Å²) in [5, 5.41) is 8.26. The Labute approximate surface area is 162 Å². The number of primary sulfonamides is 1. The van der Waals surface area contributed by atoms with E-state index >= 15 is 0 Å². The summed E-state index contributed by atoms with van der Waals surface area (Å²) in [4.78, 5) is 6.60. The SMILES string of the molecule is CCNC(=NCCS(N)(=O)=O)N1CCC(Cc2ccccc2)C1.I. The molecule has 0 radical (unpaired) electrons. The average molecular weight is 466 g/mol. The maximum absolute atomic E-state index is 11.0. The minimum atomic E-state index is -3.46. The molecule has 2 rings (SSSR count). The predicted molar refractivity (Wildman–Crippen MR) is 109 cm³/mol. The number of nitrogens with two attached hydrogens (primary N) is 1. The van der Waals surface area contributed by atoms with Crippen LogP contribution < -0.4 is 10.5 Å². The Morgan fingerprint density at radius 3 is 2.71 bits per heavy atom. The smallest absolute Gasteiger partial charge is 0.210 e. The summed E-state index contributed by atoms with van der Waals surface area (Å²) in [7, 11) is -3.46. The number of guanidine groups is 1. The molecular formula is C16H27IN4O2S. The van der Waals surface area contributed by atoms with E-state index < -0.39 is 10.0 Å². The third-order valence-corrected chi connectivity index (χ3v) is 4.68. The normalized spacial score (nSPS) is 18.3. The second kappa shape index (κ2) is 10.2. The predicted octanol–water partition coefficient (Wildman–Crippen LogP) is 1.42. The highest BCUT2D eigenvalue weighted by molar-refractivity contribution is 14.0. The van der Waals surface area contributed by atoms with Crippen LogP contribution in [0.3, 0.4) is 0 Å². The van der Waals surface area contributed by atoms with Crippen molar-refractivity contribution < 1.29 is 8.42 Å². The highest BCUT2D eigenvalue weighted by Crippen LogP contribution is 2.20. The first-order valence-electron chi connectivity index (χ1n) is 8.05. The van der Waals surface area contributed by atoms with Crippen LogP contribution in [0.4, 0.5) is 0 Å². The minimum absolute atomic E-state index is 0. The molecule has 0 aromatic heterocycles. The monoisotopic (exact) mass is 466 g/mol. The number of likely N-dealkylation sites (tertiary alicyclic amines) is 1. The van der Waals surface area contributed by atoms with Crippen molar-refractivity contribution in [2.75, 3.05) is 31.9 Å². The second-order valence-electron chi connectivity index (χ2n) is 5.89. The minimum Gasteiger partial charge on any atom is -0.357 e. The number of hydrogen-bond acceptors (Lipinski definition) is 3. The fourth-order valence-corrected chi connectivity index (χ4v) is 3.19. The van der Waals surface area contributed by atoms with Crippen molar-refractivity contribution in [3.8, 4) is 0 Å². The molecule has 0 saturated carbocycles. The van der Waals surface area contributed by atoms with Gasteiger partial charge in [-0.2, -0.15) is 0 Å². The molecule has 1 fully saturated rings. The fraction of sp³-hybridized carbons (Fsp3) is 0.562. The lowest BCUT2D eigenvalue weighted by Crippen LogP contribution is -2.40. The number of benzene rings is 1. The van der Waals surface area contributed by atoms with Gasteiger partial charge >= 0.3 is 0 Å². The molecule has 0 bridgehead atoms. The Morgan fingerprint density at radius 2 is 2.08 bits per heavy atom. The lowest BCUT2D eigenvalue weighted by Gasteiger charge is -2.21. The molecule has 24 heavy (non-hydrogen) atoms. The van der Waals surface area contributed by atoms with Gasteiger partial charge in [0.15, 0.2) is 5.96 Å². The van der Waals surface area contributed by atoms with E-state index in [2.05, 4.69) is 39.5 Å². The van der Waals surface area contributed by atoms with Crippen LogP contribution in [-0.2, 0) is 16.4 Å². The van der Waals surface area contributed by atoms with Gasteiger partial charge in [-0.3, -0.25) is 4.99 Å². The Kier molecular flexibility index (Phi) is 8.99. The largest absolute Gasteiger partial charge is 0.357 e. The van der Waals surface area contributed by atoms with E-state index in [9.17, 15) is 8.42 Å². The number of nitrogens with zero attached hydrogens (tertiary/aromatic N) is 2. The summed E-state index contributed by atoms with van der Waals surface area (Å²) < 4.78 is 22.0. The molecule has 1 aliphatic rings. The molecule has 1 saturated heterocycles. The van der Waals surface area contributed by atoms with E-state index in [-0.39, 0.29) is 36.3 Å². The zero-order valence-electron chi connectivity index (χ0n) is 14.0. The number of hydrogen-bond donors (Lipinski definition) is 2. The van der Waals surface area contributed by atoms with Gasteiger partial charge in [0.1, 0.15) is 0 Å². The molecule has 1 aliphatic heterocycles. The standard InChI is InChI=1S/C16H26N4O2S.HI/c1-2-18-16(19-9-11-23(17,21)22)20-10-8-15(13-20)12-14-6-4-3-5-7-14;/h3-7,15H,2,8-13H2,1H3,(H,18,19)(H2,17,21,22);1H. The van der Waals surface area contributed by atoms with Crippen molar-refractivity contribution in [2.24, 2.45) is 16.0 Å². The van der Waals surface area contributed by atoms with Crippen molar-refractivity contribution in [1.82, 2.24) is 10.2 Å². The molecule has 6 nitrogen and oxygen atoms in total. The van der Waals surface area contributed by atoms with Crippen molar-refractivity contribution in [1.29, 1.82) is 0 Å². The summed E-state index contributed by atoms with van der Waals surface area (Å²) in [6.07, 6.45) is 2.18. The molecule has 1 atom stereocenters. The van der Waals surface area contributed by atoms with Gasteiger partial charge < -0.3 is 10.2 Å². The van der Waals surface area contributed by atoms with Gasteiger partial charge in [0.05, 0.1) is 12.3 Å². The van der Waals surface area contributed by atoms with E-state index in [1.165, 1.54) is 5.56 Å². The third kappa shape index (κ3) is 7.35. The van der Waals surface area contributed by atoms with E-state index in [0.717, 1.165) is 38.4 Å². The summed E-state index contributed by atoms with van der Waals surface area (Å²) in [5.74, 6) is 1.26. The zero-order chi connectivity index (χ0) is 16.7. The van der Waals surface area contributed by atoms with Crippen LogP contribution in [0.1, 0.15) is 18.9 Å². The van der Waals surface area contributed by atoms with Crippen LogP contribution in [0.15, 0.2) is 35.3 Å². The fourth-order valence-electron chi connectivity index (χ4n) is 2.84. The average Bonchev–Trinajstić information content (AvgIpc) is 2.94. The van der Waals surface area contributed by atoms with Crippen LogP contribution in [0, 0.1) is 5.92 Å². The van der Waals surface area contributed by atoms with Crippen LogP contribution in [0.25, 0.3) is 0 Å². The van der Waals surface area contributed by atoms with E-state index in [1.807, 2.05) is 13.0 Å². The van der Waals surface area contributed by atoms with Gasteiger partial charge in [0.25, 0.3) is 0 Å². The Hall–Kier alpha value is -0.870. The number of rotatable bonds is 6. The highest BCUT2D eigenvalue weighted by Gasteiger charge is 2.24. The van der Waals surface area contributed by atoms with Gasteiger partial charge in [-0.15, -0.1) is 24.0 Å². The topological polar surface area (TPSA) is 87.8 Å². The Bertz CT molecular complexity index is 622. The molecule has 0 aliphatic carbocycles. The lowest BCUT2D eigenvalue weighted by molar-refractivity contribution is 0.460. The van der Waals surface area contributed by atoms with E-state index in [0.29, 0.717) is 5.92 Å². The first-order valence-corrected chi connectivity index (χ1v) is 9.77. The maximum Gasteiger partial charge on any atom is 0.210 e. The Morgan fingerprint density at radius 1 is 1.38 bits per heavy atom. The van der Waals surface area contributed by atoms with Gasteiger partial charge in [0.2, 0.25) is 10.0 Å². The molecule has 1 aromatic rings. The molecule has 136 valence electrons. The molecule has 1 aromatic carbocycles. The number of halogens is 1. The van der Waals surface area contributed by atoms with Crippen molar-refractivity contribution in [2.45, 2.75) is 19.8 Å². The molecule has 1 unspecified atom stereocenters. The van der Waals surface area contributed by atoms with Crippen LogP contribution in [-0.4, -0.2) is 51.2 Å². The number of aliphatic imine (C=N–C) groups is 1. The van der Waals surface area contributed by atoms with Crippen LogP contribution in [0.2, 0.25) is 0 Å². The summed E-state index contributed by atoms with van der Waals surface area (Å²) in [6.45, 7) is 4.84. The van der Waals surface area contributed by atoms with Crippen molar-refractivity contribution >= 4 is 40.0 Å². The number of nitrogens with one attached hydrogen (secondary N) is 1. The molecule has 0 spiro atoms. The zero-order valence-corrected chi connectivity index (χ0v) is 17.2. The van der Waals surface area contributed by atoms with Gasteiger partial charge in [-0.1, -0.05) is 30.3 Å². The quantitative estimate of drug-likeness (QED) is 0.377. The molecular weight excluding hydrogens is 439 g/mol. The molecule has 0 amide bonds. The lowest BCUT2D eigenvalue weighted by atomic mass is 9.99.